The largest absolute Gasteiger partial charge is 0.597 e. The first-order valence-corrected chi connectivity index (χ1v) is 3.66. The molecule has 0 radical (unpaired) electrons. The molecule has 1 rings (SSSR count). The van der Waals surface area contributed by atoms with Gasteiger partial charge >= 0.3 is 51.4 Å². The van der Waals surface area contributed by atoms with Gasteiger partial charge in [-0.05, 0) is 12.8 Å². The molecule has 0 bridgehead atoms. The standard InChI is InChI=1S/C6H12N2O2.K.H/c9-7-8(10)6-4-2-1-3-5-6;;/h6,9H,1-5H2;;/b8-7-;;. The van der Waals surface area contributed by atoms with Crippen LogP contribution in [0.15, 0.2) is 5.28 Å². The molecule has 4 nitrogen and oxygen atoms in total. The summed E-state index contributed by atoms with van der Waals surface area (Å²) in [4.78, 5) is 0.416. The van der Waals surface area contributed by atoms with Gasteiger partial charge in [-0.2, -0.15) is 0 Å². The Morgan fingerprint density at radius 1 is 1.27 bits per heavy atom. The fraction of sp³-hybridized carbons (Fsp3) is 1.00. The molecule has 0 saturated heterocycles. The zero-order chi connectivity index (χ0) is 7.40. The van der Waals surface area contributed by atoms with Gasteiger partial charge in [0, 0.05) is 12.8 Å². The van der Waals surface area contributed by atoms with Gasteiger partial charge in [0.1, 0.15) is 0 Å². The van der Waals surface area contributed by atoms with Crippen LogP contribution < -0.4 is 0 Å². The Kier molecular flexibility index (Phi) is 6.85. The molecule has 0 aromatic rings. The number of hydroxylamine groups is 1. The summed E-state index contributed by atoms with van der Waals surface area (Å²) in [5.74, 6) is 0. The Morgan fingerprint density at radius 2 is 1.82 bits per heavy atom. The van der Waals surface area contributed by atoms with Gasteiger partial charge in [0.25, 0.3) is 0 Å². The molecule has 0 atom stereocenters. The van der Waals surface area contributed by atoms with Gasteiger partial charge in [0.2, 0.25) is 0 Å². The van der Waals surface area contributed by atoms with Crippen LogP contribution in [0.25, 0.3) is 0 Å². The zero-order valence-electron chi connectivity index (χ0n) is 5.86. The number of hydrogen-bond donors (Lipinski definition) is 1. The molecule has 5 heteroatoms. The molecule has 0 spiro atoms. The van der Waals surface area contributed by atoms with E-state index in [0.717, 1.165) is 25.7 Å². The van der Waals surface area contributed by atoms with E-state index in [4.69, 9.17) is 5.21 Å². The van der Waals surface area contributed by atoms with Crippen molar-refractivity contribution in [2.24, 2.45) is 5.28 Å². The van der Waals surface area contributed by atoms with Crippen LogP contribution in [-0.4, -0.2) is 67.5 Å². The van der Waals surface area contributed by atoms with Gasteiger partial charge in [-0.25, -0.2) is 0 Å². The average Bonchev–Trinajstić information content (AvgIpc) is 2.05. The Bertz CT molecular complexity index is 135. The first kappa shape index (κ1) is 11.8. The molecular weight excluding hydrogens is 171 g/mol. The number of rotatable bonds is 1. The molecule has 0 unspecified atom stereocenters. The van der Waals surface area contributed by atoms with Crippen LogP contribution >= 0.6 is 0 Å². The van der Waals surface area contributed by atoms with Crippen molar-refractivity contribution in [3.05, 3.63) is 5.21 Å². The Labute approximate surface area is 109 Å². The van der Waals surface area contributed by atoms with Crippen molar-refractivity contribution < 1.29 is 10.1 Å². The van der Waals surface area contributed by atoms with Crippen LogP contribution in [-0.2, 0) is 0 Å². The Hall–Kier alpha value is 0.836. The summed E-state index contributed by atoms with van der Waals surface area (Å²) in [6, 6.07) is -0.0706. The fourth-order valence-corrected chi connectivity index (χ4v) is 1.37. The molecule has 0 aliphatic heterocycles. The van der Waals surface area contributed by atoms with E-state index in [1.807, 2.05) is 0 Å². The number of hydrogen-bond acceptors (Lipinski definition) is 2. The minimum atomic E-state index is -0.0706. The molecule has 1 fully saturated rings. The smallest absolute Gasteiger partial charge is 0.197 e. The molecular formula is C6H13KN2O2. The predicted octanol–water partition coefficient (Wildman–Crippen LogP) is 1.02. The molecule has 0 aromatic carbocycles. The molecule has 1 aliphatic carbocycles. The van der Waals surface area contributed by atoms with Crippen LogP contribution in [0.5, 0.6) is 0 Å². The second kappa shape index (κ2) is 6.36. The minimum absolute atomic E-state index is 0. The van der Waals surface area contributed by atoms with E-state index in [-0.39, 0.29) is 57.4 Å². The van der Waals surface area contributed by atoms with Gasteiger partial charge in [-0.3, -0.25) is 0 Å². The van der Waals surface area contributed by atoms with Crippen LogP contribution in [0.4, 0.5) is 0 Å². The molecule has 0 heterocycles. The van der Waals surface area contributed by atoms with Crippen LogP contribution in [0.3, 0.4) is 0 Å². The maximum Gasteiger partial charge on any atom is 0.197 e. The summed E-state index contributed by atoms with van der Waals surface area (Å²) < 4.78 is 0. The molecule has 11 heavy (non-hydrogen) atoms. The third-order valence-electron chi connectivity index (χ3n) is 1.98. The molecule has 1 saturated carbocycles. The van der Waals surface area contributed by atoms with Crippen molar-refractivity contribution in [1.82, 2.24) is 0 Å². The van der Waals surface area contributed by atoms with E-state index in [1.54, 1.807) is 0 Å². The predicted molar refractivity (Wildman–Crippen MR) is 41.9 cm³/mol. The Balaban J connectivity index is 0.000001000. The molecule has 1 aliphatic rings. The fourth-order valence-electron chi connectivity index (χ4n) is 1.37. The average molecular weight is 184 g/mol. The maximum atomic E-state index is 10.7. The van der Waals surface area contributed by atoms with E-state index in [9.17, 15) is 5.21 Å². The summed E-state index contributed by atoms with van der Waals surface area (Å²) in [5.41, 5.74) is 0. The monoisotopic (exact) mass is 184 g/mol. The van der Waals surface area contributed by atoms with Crippen LogP contribution in [0.1, 0.15) is 32.1 Å². The first-order chi connectivity index (χ1) is 4.84. The van der Waals surface area contributed by atoms with E-state index in [1.165, 1.54) is 6.42 Å². The van der Waals surface area contributed by atoms with E-state index in [0.29, 0.717) is 4.86 Å². The van der Waals surface area contributed by atoms with Crippen molar-refractivity contribution >= 4 is 51.4 Å². The quantitative estimate of drug-likeness (QED) is 0.286. The molecule has 60 valence electrons. The minimum Gasteiger partial charge on any atom is -0.597 e. The molecule has 0 amide bonds. The summed E-state index contributed by atoms with van der Waals surface area (Å²) in [7, 11) is 0. The maximum absolute atomic E-state index is 10.7. The second-order valence-corrected chi connectivity index (χ2v) is 2.68. The van der Waals surface area contributed by atoms with Gasteiger partial charge in [-0.15, -0.1) is 0 Å². The van der Waals surface area contributed by atoms with Gasteiger partial charge in [0.15, 0.2) is 11.3 Å². The third-order valence-corrected chi connectivity index (χ3v) is 1.98. The topological polar surface area (TPSA) is 58.7 Å². The van der Waals surface area contributed by atoms with Gasteiger partial charge in [-0.1, -0.05) is 11.3 Å². The van der Waals surface area contributed by atoms with Crippen molar-refractivity contribution in [3.8, 4) is 0 Å². The van der Waals surface area contributed by atoms with E-state index < -0.39 is 0 Å². The van der Waals surface area contributed by atoms with Crippen molar-refractivity contribution in [2.75, 3.05) is 0 Å². The van der Waals surface area contributed by atoms with Crippen molar-refractivity contribution in [1.29, 1.82) is 0 Å². The number of nitrogens with zero attached hydrogens (tertiary/aromatic N) is 2. The van der Waals surface area contributed by atoms with Crippen LogP contribution in [0, 0.1) is 5.21 Å². The Morgan fingerprint density at radius 3 is 2.27 bits per heavy atom. The van der Waals surface area contributed by atoms with Crippen molar-refractivity contribution in [2.45, 2.75) is 38.1 Å². The van der Waals surface area contributed by atoms with Crippen molar-refractivity contribution in [3.63, 3.8) is 0 Å². The summed E-state index contributed by atoms with van der Waals surface area (Å²) in [5, 5.41) is 21.4. The summed E-state index contributed by atoms with van der Waals surface area (Å²) in [6.07, 6.45) is 5.11. The first-order valence-electron chi connectivity index (χ1n) is 3.66. The molecule has 1 N–H and O–H groups in total. The van der Waals surface area contributed by atoms with E-state index in [2.05, 4.69) is 5.28 Å². The normalized spacial score (nSPS) is 20.9. The van der Waals surface area contributed by atoms with Gasteiger partial charge in [0.05, 0.1) is 0 Å². The zero-order valence-corrected chi connectivity index (χ0v) is 5.86. The summed E-state index contributed by atoms with van der Waals surface area (Å²) in [6.45, 7) is 0. The van der Waals surface area contributed by atoms with Crippen LogP contribution in [0.2, 0.25) is 0 Å². The SMILES string of the molecule is [KH].[O-]/[N+](=N\O)C1CCCCC1. The molecule has 0 aromatic heterocycles. The van der Waals surface area contributed by atoms with E-state index >= 15 is 0 Å². The second-order valence-electron chi connectivity index (χ2n) is 2.68. The summed E-state index contributed by atoms with van der Waals surface area (Å²) >= 11 is 0. The third kappa shape index (κ3) is 3.84. The van der Waals surface area contributed by atoms with Gasteiger partial charge < -0.3 is 10.4 Å².